The number of pyridine rings is 1. The summed E-state index contributed by atoms with van der Waals surface area (Å²) >= 11 is 0. The molecule has 0 radical (unpaired) electrons. The topological polar surface area (TPSA) is 82.0 Å². The first-order valence-corrected chi connectivity index (χ1v) is 7.17. The Labute approximate surface area is 131 Å². The molecule has 6 nitrogen and oxygen atoms in total. The number of benzene rings is 1. The highest BCUT2D eigenvalue weighted by molar-refractivity contribution is 6.14. The molecule has 23 heavy (non-hydrogen) atoms. The Morgan fingerprint density at radius 2 is 2.09 bits per heavy atom. The number of aromatic nitrogens is 4. The average molecular weight is 308 g/mol. The molecule has 0 spiro atoms. The quantitative estimate of drug-likeness (QED) is 0.780. The first-order valence-electron chi connectivity index (χ1n) is 7.17. The lowest BCUT2D eigenvalue weighted by Gasteiger charge is -2.12. The van der Waals surface area contributed by atoms with Crippen LogP contribution in [0.25, 0.3) is 5.69 Å². The maximum Gasteiger partial charge on any atom is 0.159 e. The molecule has 2 aromatic heterocycles. The molecule has 0 unspecified atom stereocenters. The standard InChI is InChI=1S/C16H13FN6/c17-10-4-5-13-11(7-10)16(12-3-1-2-6-19-12)20-9-15-22-21-14(8-18)23(13)15/h1-7H,8-9,18H2. The van der Waals surface area contributed by atoms with Crippen LogP contribution >= 0.6 is 0 Å². The van der Waals surface area contributed by atoms with E-state index in [0.29, 0.717) is 35.2 Å². The summed E-state index contributed by atoms with van der Waals surface area (Å²) in [6, 6.07) is 10.1. The zero-order valence-corrected chi connectivity index (χ0v) is 12.1. The van der Waals surface area contributed by atoms with Crippen molar-refractivity contribution in [2.45, 2.75) is 13.1 Å². The largest absolute Gasteiger partial charge is 0.324 e. The van der Waals surface area contributed by atoms with Crippen LogP contribution in [0, 0.1) is 5.82 Å². The molecule has 3 heterocycles. The Balaban J connectivity index is 2.00. The second kappa shape index (κ2) is 5.36. The minimum absolute atomic E-state index is 0.239. The first kappa shape index (κ1) is 13.7. The van der Waals surface area contributed by atoms with E-state index < -0.39 is 0 Å². The number of hydrogen-bond donors (Lipinski definition) is 1. The summed E-state index contributed by atoms with van der Waals surface area (Å²) in [4.78, 5) is 8.93. The van der Waals surface area contributed by atoms with Crippen molar-refractivity contribution < 1.29 is 4.39 Å². The molecule has 1 aromatic carbocycles. The van der Waals surface area contributed by atoms with E-state index in [4.69, 9.17) is 5.73 Å². The van der Waals surface area contributed by atoms with Crippen LogP contribution in [-0.4, -0.2) is 25.5 Å². The van der Waals surface area contributed by atoms with Gasteiger partial charge < -0.3 is 5.73 Å². The van der Waals surface area contributed by atoms with Crippen molar-refractivity contribution in [3.05, 3.63) is 71.3 Å². The van der Waals surface area contributed by atoms with Gasteiger partial charge in [0, 0.05) is 11.8 Å². The summed E-state index contributed by atoms with van der Waals surface area (Å²) < 4.78 is 15.7. The zero-order valence-electron chi connectivity index (χ0n) is 12.1. The zero-order chi connectivity index (χ0) is 15.8. The summed E-state index contributed by atoms with van der Waals surface area (Å²) in [5.41, 5.74) is 8.48. The number of hydrogen-bond acceptors (Lipinski definition) is 5. The minimum atomic E-state index is -0.335. The molecule has 0 fully saturated rings. The highest BCUT2D eigenvalue weighted by atomic mass is 19.1. The summed E-state index contributed by atoms with van der Waals surface area (Å²) in [7, 11) is 0. The van der Waals surface area contributed by atoms with Gasteiger partial charge in [-0.1, -0.05) is 6.07 Å². The Morgan fingerprint density at radius 1 is 1.17 bits per heavy atom. The lowest BCUT2D eigenvalue weighted by atomic mass is 10.0. The van der Waals surface area contributed by atoms with Gasteiger partial charge in [0.15, 0.2) is 11.6 Å². The number of halogens is 1. The van der Waals surface area contributed by atoms with Gasteiger partial charge in [0.05, 0.1) is 23.6 Å². The number of nitrogens with two attached hydrogens (primary N) is 1. The van der Waals surface area contributed by atoms with Crippen LogP contribution in [0.1, 0.15) is 22.9 Å². The predicted molar refractivity (Wildman–Crippen MR) is 82.8 cm³/mol. The van der Waals surface area contributed by atoms with Crippen molar-refractivity contribution >= 4 is 5.71 Å². The van der Waals surface area contributed by atoms with Gasteiger partial charge in [-0.25, -0.2) is 4.39 Å². The number of nitrogens with zero attached hydrogens (tertiary/aromatic N) is 5. The Kier molecular flexibility index (Phi) is 3.20. The van der Waals surface area contributed by atoms with Crippen molar-refractivity contribution in [3.8, 4) is 5.69 Å². The fourth-order valence-corrected chi connectivity index (χ4v) is 2.72. The fourth-order valence-electron chi connectivity index (χ4n) is 2.72. The van der Waals surface area contributed by atoms with E-state index in [1.807, 2.05) is 22.8 Å². The van der Waals surface area contributed by atoms with Gasteiger partial charge >= 0.3 is 0 Å². The molecule has 4 rings (SSSR count). The molecule has 0 saturated heterocycles. The molecule has 2 N–H and O–H groups in total. The van der Waals surface area contributed by atoms with E-state index in [9.17, 15) is 4.39 Å². The Bertz CT molecular complexity index is 900. The van der Waals surface area contributed by atoms with Gasteiger partial charge in [0.1, 0.15) is 12.4 Å². The monoisotopic (exact) mass is 308 g/mol. The van der Waals surface area contributed by atoms with Crippen LogP contribution in [0.4, 0.5) is 4.39 Å². The van der Waals surface area contributed by atoms with Gasteiger partial charge in [0.25, 0.3) is 0 Å². The van der Waals surface area contributed by atoms with E-state index in [0.717, 1.165) is 5.69 Å². The molecule has 1 aliphatic heterocycles. The van der Waals surface area contributed by atoms with E-state index in [1.165, 1.54) is 12.1 Å². The summed E-state index contributed by atoms with van der Waals surface area (Å²) in [6.07, 6.45) is 1.69. The van der Waals surface area contributed by atoms with Crippen molar-refractivity contribution in [2.75, 3.05) is 0 Å². The molecular weight excluding hydrogens is 295 g/mol. The minimum Gasteiger partial charge on any atom is -0.324 e. The molecule has 0 aliphatic carbocycles. The number of aliphatic imine (C=N–C) groups is 1. The average Bonchev–Trinajstić information content (AvgIpc) is 2.92. The van der Waals surface area contributed by atoms with Crippen LogP contribution in [0.15, 0.2) is 47.6 Å². The maximum atomic E-state index is 13.9. The van der Waals surface area contributed by atoms with Gasteiger partial charge in [-0.3, -0.25) is 14.5 Å². The summed E-state index contributed by atoms with van der Waals surface area (Å²) in [5.74, 6) is 0.952. The van der Waals surface area contributed by atoms with Crippen LogP contribution in [-0.2, 0) is 13.1 Å². The third kappa shape index (κ3) is 2.22. The van der Waals surface area contributed by atoms with Crippen LogP contribution in [0.3, 0.4) is 0 Å². The lowest BCUT2D eigenvalue weighted by molar-refractivity contribution is 0.627. The summed E-state index contributed by atoms with van der Waals surface area (Å²) in [6.45, 7) is 0.567. The Hall–Kier alpha value is -2.93. The van der Waals surface area contributed by atoms with Crippen molar-refractivity contribution in [2.24, 2.45) is 10.7 Å². The second-order valence-corrected chi connectivity index (χ2v) is 5.11. The van der Waals surface area contributed by atoms with E-state index in [-0.39, 0.29) is 12.4 Å². The Morgan fingerprint density at radius 3 is 2.87 bits per heavy atom. The maximum absolute atomic E-state index is 13.9. The lowest BCUT2D eigenvalue weighted by Crippen LogP contribution is -2.12. The van der Waals surface area contributed by atoms with Crippen LogP contribution in [0.5, 0.6) is 0 Å². The fraction of sp³-hybridized carbons (Fsp3) is 0.125. The molecule has 3 aromatic rings. The normalized spacial score (nSPS) is 13.0. The van der Waals surface area contributed by atoms with Crippen LogP contribution in [0.2, 0.25) is 0 Å². The first-order chi connectivity index (χ1) is 11.3. The van der Waals surface area contributed by atoms with E-state index in [2.05, 4.69) is 20.2 Å². The molecular formula is C16H13FN6. The van der Waals surface area contributed by atoms with Gasteiger partial charge in [-0.05, 0) is 30.3 Å². The number of fused-ring (bicyclic) bond motifs is 3. The van der Waals surface area contributed by atoms with E-state index >= 15 is 0 Å². The SMILES string of the molecule is NCc1nnc2n1-c1ccc(F)cc1C(c1ccccn1)=NC2. The molecule has 114 valence electrons. The van der Waals surface area contributed by atoms with Crippen molar-refractivity contribution in [1.29, 1.82) is 0 Å². The highest BCUT2D eigenvalue weighted by Crippen LogP contribution is 2.25. The van der Waals surface area contributed by atoms with E-state index in [1.54, 1.807) is 12.3 Å². The second-order valence-electron chi connectivity index (χ2n) is 5.11. The van der Waals surface area contributed by atoms with Gasteiger partial charge in [0.2, 0.25) is 0 Å². The molecule has 0 saturated carbocycles. The number of rotatable bonds is 2. The summed E-state index contributed by atoms with van der Waals surface area (Å²) in [5, 5.41) is 8.24. The molecule has 1 aliphatic rings. The molecule has 0 atom stereocenters. The molecule has 0 bridgehead atoms. The smallest absolute Gasteiger partial charge is 0.159 e. The molecule has 7 heteroatoms. The third-order valence-corrected chi connectivity index (χ3v) is 3.72. The van der Waals surface area contributed by atoms with Crippen LogP contribution < -0.4 is 5.73 Å². The van der Waals surface area contributed by atoms with Crippen molar-refractivity contribution in [3.63, 3.8) is 0 Å². The molecule has 0 amide bonds. The van der Waals surface area contributed by atoms with Gasteiger partial charge in [-0.2, -0.15) is 0 Å². The van der Waals surface area contributed by atoms with Gasteiger partial charge in [-0.15, -0.1) is 10.2 Å². The predicted octanol–water partition coefficient (Wildman–Crippen LogP) is 1.61. The highest BCUT2D eigenvalue weighted by Gasteiger charge is 2.23. The van der Waals surface area contributed by atoms with Crippen molar-refractivity contribution in [1.82, 2.24) is 19.7 Å². The third-order valence-electron chi connectivity index (χ3n) is 3.72.